The largest absolute Gasteiger partial charge is 0.490 e. The molecule has 35 heavy (non-hydrogen) atoms. The summed E-state index contributed by atoms with van der Waals surface area (Å²) in [6, 6.07) is 3.99. The number of thiophene rings is 1. The Hall–Kier alpha value is -2.75. The quantitative estimate of drug-likeness (QED) is 0.344. The molecule has 0 fully saturated rings. The van der Waals surface area contributed by atoms with Crippen molar-refractivity contribution in [3.8, 4) is 27.9 Å². The summed E-state index contributed by atoms with van der Waals surface area (Å²) in [4.78, 5) is 16.9. The number of ether oxygens (including phenoxy) is 1. The van der Waals surface area contributed by atoms with E-state index >= 15 is 0 Å². The van der Waals surface area contributed by atoms with Gasteiger partial charge in [-0.1, -0.05) is 32.9 Å². The molecule has 8 nitrogen and oxygen atoms in total. The van der Waals surface area contributed by atoms with Gasteiger partial charge in [0.1, 0.15) is 25.1 Å². The second-order valence-electron chi connectivity index (χ2n) is 8.99. The van der Waals surface area contributed by atoms with E-state index in [1.807, 2.05) is 26.0 Å². The van der Waals surface area contributed by atoms with Crippen molar-refractivity contribution in [1.29, 1.82) is 0 Å². The van der Waals surface area contributed by atoms with Crippen LogP contribution in [0.5, 0.6) is 5.75 Å². The van der Waals surface area contributed by atoms with E-state index in [0.717, 1.165) is 46.6 Å². The number of aliphatic hydroxyl groups excluding tert-OH is 2. The van der Waals surface area contributed by atoms with Gasteiger partial charge in [-0.3, -0.25) is 4.79 Å². The predicted molar refractivity (Wildman–Crippen MR) is 137 cm³/mol. The lowest BCUT2D eigenvalue weighted by molar-refractivity contribution is -0.124. The number of hydrogen-bond acceptors (Lipinski definition) is 8. The summed E-state index contributed by atoms with van der Waals surface area (Å²) in [6.07, 6.45) is 1.57. The highest BCUT2D eigenvalue weighted by atomic mass is 32.1. The van der Waals surface area contributed by atoms with Crippen molar-refractivity contribution in [3.63, 3.8) is 0 Å². The van der Waals surface area contributed by atoms with E-state index in [9.17, 15) is 9.90 Å². The van der Waals surface area contributed by atoms with Crippen molar-refractivity contribution < 1.29 is 24.3 Å². The lowest BCUT2D eigenvalue weighted by atomic mass is 10.00. The van der Waals surface area contributed by atoms with Crippen molar-refractivity contribution in [3.05, 3.63) is 39.8 Å². The Bertz CT molecular complexity index is 1110. The molecule has 3 rings (SSSR count). The number of benzene rings is 1. The number of carbonyl (C=O) groups excluding carboxylic acids is 1. The summed E-state index contributed by atoms with van der Waals surface area (Å²) in [5.41, 5.74) is 5.32. The Morgan fingerprint density at radius 1 is 1.20 bits per heavy atom. The highest BCUT2D eigenvalue weighted by Crippen LogP contribution is 2.35. The first kappa shape index (κ1) is 26.8. The lowest BCUT2D eigenvalue weighted by Gasteiger charge is -2.18. The second-order valence-corrected chi connectivity index (χ2v) is 9.87. The molecule has 0 spiro atoms. The van der Waals surface area contributed by atoms with E-state index < -0.39 is 18.6 Å². The van der Waals surface area contributed by atoms with Crippen LogP contribution in [0.4, 0.5) is 0 Å². The van der Waals surface area contributed by atoms with Crippen LogP contribution in [0.3, 0.4) is 0 Å². The van der Waals surface area contributed by atoms with Crippen molar-refractivity contribution in [2.45, 2.75) is 60.0 Å². The molecule has 0 aliphatic carbocycles. The predicted octanol–water partition coefficient (Wildman–Crippen LogP) is 3.95. The van der Waals surface area contributed by atoms with Gasteiger partial charge in [-0.15, -0.1) is 11.3 Å². The molecule has 0 saturated heterocycles. The second kappa shape index (κ2) is 12.3. The van der Waals surface area contributed by atoms with Crippen LogP contribution < -0.4 is 10.1 Å². The number of nitrogens with one attached hydrogen (secondary N) is 1. The molecule has 0 unspecified atom stereocenters. The highest BCUT2D eigenvalue weighted by molar-refractivity contribution is 7.13. The van der Waals surface area contributed by atoms with Gasteiger partial charge in [0.15, 0.2) is 0 Å². The van der Waals surface area contributed by atoms with Crippen molar-refractivity contribution in [2.24, 2.45) is 5.92 Å². The third-order valence-corrected chi connectivity index (χ3v) is 6.87. The van der Waals surface area contributed by atoms with Crippen LogP contribution in [0.2, 0.25) is 0 Å². The maximum absolute atomic E-state index is 11.2. The summed E-state index contributed by atoms with van der Waals surface area (Å²) in [7, 11) is 0. The number of amides is 1. The zero-order chi connectivity index (χ0) is 25.5. The minimum atomic E-state index is -0.894. The van der Waals surface area contributed by atoms with Crippen LogP contribution in [0.25, 0.3) is 22.2 Å². The van der Waals surface area contributed by atoms with Crippen LogP contribution in [0, 0.1) is 12.8 Å². The van der Waals surface area contributed by atoms with Gasteiger partial charge < -0.3 is 24.8 Å². The average molecular weight is 502 g/mol. The number of hydrogen-bond donors (Lipinski definition) is 3. The van der Waals surface area contributed by atoms with Gasteiger partial charge >= 0.3 is 0 Å². The van der Waals surface area contributed by atoms with E-state index in [2.05, 4.69) is 36.6 Å². The third kappa shape index (κ3) is 6.68. The number of aliphatic hydroxyl groups is 2. The van der Waals surface area contributed by atoms with Gasteiger partial charge in [-0.05, 0) is 71.9 Å². The van der Waals surface area contributed by atoms with E-state index in [-0.39, 0.29) is 13.2 Å². The van der Waals surface area contributed by atoms with Gasteiger partial charge in [-0.2, -0.15) is 4.98 Å². The van der Waals surface area contributed by atoms with E-state index in [0.29, 0.717) is 17.6 Å². The van der Waals surface area contributed by atoms with Crippen LogP contribution in [0.1, 0.15) is 49.9 Å². The zero-order valence-corrected chi connectivity index (χ0v) is 21.9. The number of aryl methyl sites for hydroxylation is 2. The molecule has 2 heterocycles. The first-order valence-corrected chi connectivity index (χ1v) is 12.9. The maximum Gasteiger partial charge on any atom is 0.268 e. The fourth-order valence-electron chi connectivity index (χ4n) is 3.86. The Morgan fingerprint density at radius 3 is 2.49 bits per heavy atom. The van der Waals surface area contributed by atoms with Gasteiger partial charge in [0.05, 0.1) is 4.88 Å². The van der Waals surface area contributed by atoms with Crippen LogP contribution in [-0.2, 0) is 24.1 Å². The number of nitrogens with zero attached hydrogens (tertiary/aromatic N) is 2. The normalized spacial score (nSPS) is 12.2. The lowest BCUT2D eigenvalue weighted by Crippen LogP contribution is -2.36. The zero-order valence-electron chi connectivity index (χ0n) is 21.1. The van der Waals surface area contributed by atoms with Crippen molar-refractivity contribution in [2.75, 3.05) is 19.8 Å². The molecule has 0 radical (unpaired) electrons. The Balaban J connectivity index is 1.81. The molecule has 9 heteroatoms. The standard InChI is InChI=1S/C26H35N3O5S/c1-6-17-9-19(10-18(7-2)23(17)33-13-21(31)11-27-22(32)12-30)25-28-26(34-29-25)24-16(5)20(14-35-24)8-15(3)4/h9-10,14-15,21,30-31H,6-8,11-13H2,1-5H3,(H,27,32)/t21-/m0/s1. The highest BCUT2D eigenvalue weighted by Gasteiger charge is 2.20. The Morgan fingerprint density at radius 2 is 1.89 bits per heavy atom. The molecule has 0 aliphatic rings. The molecule has 190 valence electrons. The van der Waals surface area contributed by atoms with Gasteiger partial charge in [0.2, 0.25) is 11.7 Å². The molecule has 1 amide bonds. The van der Waals surface area contributed by atoms with Crippen molar-refractivity contribution in [1.82, 2.24) is 15.5 Å². The first-order chi connectivity index (χ1) is 16.8. The summed E-state index contributed by atoms with van der Waals surface area (Å²) in [6.45, 7) is 10.0. The molecular formula is C26H35N3O5S. The minimum absolute atomic E-state index is 0.00699. The first-order valence-electron chi connectivity index (χ1n) is 12.0. The molecular weight excluding hydrogens is 466 g/mol. The minimum Gasteiger partial charge on any atom is -0.490 e. The molecule has 0 bridgehead atoms. The smallest absolute Gasteiger partial charge is 0.268 e. The monoisotopic (exact) mass is 501 g/mol. The van der Waals surface area contributed by atoms with Crippen LogP contribution in [-0.4, -0.2) is 52.1 Å². The number of carbonyl (C=O) groups is 1. The molecule has 2 aromatic heterocycles. The summed E-state index contributed by atoms with van der Waals surface area (Å²) in [5, 5.41) is 27.8. The fraction of sp³-hybridized carbons (Fsp3) is 0.500. The molecule has 0 saturated carbocycles. The number of aromatic nitrogens is 2. The molecule has 1 atom stereocenters. The topological polar surface area (TPSA) is 118 Å². The SMILES string of the molecule is CCc1cc(-c2noc(-c3scc(CC(C)C)c3C)n2)cc(CC)c1OC[C@@H](O)CNC(=O)CO. The van der Waals surface area contributed by atoms with Crippen LogP contribution in [0.15, 0.2) is 22.0 Å². The fourth-order valence-corrected chi connectivity index (χ4v) is 4.88. The third-order valence-electron chi connectivity index (χ3n) is 5.75. The molecule has 3 N–H and O–H groups in total. The maximum atomic E-state index is 11.2. The van der Waals surface area contributed by atoms with Gasteiger partial charge in [-0.25, -0.2) is 0 Å². The van der Waals surface area contributed by atoms with Gasteiger partial charge in [0.25, 0.3) is 5.89 Å². The van der Waals surface area contributed by atoms with Crippen LogP contribution >= 0.6 is 11.3 Å². The summed E-state index contributed by atoms with van der Waals surface area (Å²) < 4.78 is 11.6. The number of rotatable bonds is 12. The van der Waals surface area contributed by atoms with E-state index in [4.69, 9.17) is 19.4 Å². The van der Waals surface area contributed by atoms with E-state index in [1.165, 1.54) is 11.1 Å². The Kier molecular flexibility index (Phi) is 9.42. The Labute approximate surface area is 210 Å². The molecule has 3 aromatic rings. The summed E-state index contributed by atoms with van der Waals surface area (Å²) in [5.74, 6) is 1.83. The van der Waals surface area contributed by atoms with Crippen molar-refractivity contribution >= 4 is 17.2 Å². The average Bonchev–Trinajstić information content (AvgIpc) is 3.47. The van der Waals surface area contributed by atoms with E-state index in [1.54, 1.807) is 11.3 Å². The molecule has 0 aliphatic heterocycles. The summed E-state index contributed by atoms with van der Waals surface area (Å²) >= 11 is 1.63. The van der Waals surface area contributed by atoms with Gasteiger partial charge in [0, 0.05) is 12.1 Å². The molecule has 1 aromatic carbocycles.